The van der Waals surface area contributed by atoms with E-state index < -0.39 is 0 Å². The van der Waals surface area contributed by atoms with Gasteiger partial charge in [-0.3, -0.25) is 9.58 Å². The molecule has 156 valence electrons. The van der Waals surface area contributed by atoms with Crippen LogP contribution in [0.15, 0.2) is 48.7 Å². The normalized spacial score (nSPS) is 23.6. The lowest BCUT2D eigenvalue weighted by Gasteiger charge is -2.19. The molecule has 1 aliphatic carbocycles. The minimum Gasteiger partial charge on any atom is -0.476 e. The van der Waals surface area contributed by atoms with Crippen LogP contribution in [0.3, 0.4) is 0 Å². The molecule has 2 fully saturated rings. The highest BCUT2D eigenvalue weighted by atomic mass is 16.5. The molecule has 1 aromatic carbocycles. The minimum atomic E-state index is 0.614. The van der Waals surface area contributed by atoms with Crippen LogP contribution >= 0.6 is 0 Å². The Morgan fingerprint density at radius 1 is 1.00 bits per heavy atom. The molecule has 3 aromatic rings. The van der Waals surface area contributed by atoms with Crippen molar-refractivity contribution in [2.75, 3.05) is 19.7 Å². The van der Waals surface area contributed by atoms with Crippen LogP contribution in [-0.4, -0.2) is 44.6 Å². The maximum atomic E-state index is 6.00. The molecule has 2 unspecified atom stereocenters. The van der Waals surface area contributed by atoms with Crippen molar-refractivity contribution in [1.82, 2.24) is 24.9 Å². The number of likely N-dealkylation sites (tertiary alicyclic amines) is 1. The van der Waals surface area contributed by atoms with Crippen LogP contribution in [0, 0.1) is 24.7 Å². The lowest BCUT2D eigenvalue weighted by molar-refractivity contribution is 0.219. The van der Waals surface area contributed by atoms with Gasteiger partial charge in [-0.05, 0) is 49.1 Å². The van der Waals surface area contributed by atoms with E-state index in [0.717, 1.165) is 41.9 Å². The zero-order chi connectivity index (χ0) is 20.5. The molecular weight excluding hydrogens is 374 g/mol. The van der Waals surface area contributed by atoms with Crippen LogP contribution in [0.25, 0.3) is 11.3 Å². The summed E-state index contributed by atoms with van der Waals surface area (Å²) in [4.78, 5) is 2.62. The topological polar surface area (TPSA) is 56.1 Å². The van der Waals surface area contributed by atoms with Crippen molar-refractivity contribution < 1.29 is 4.74 Å². The van der Waals surface area contributed by atoms with Gasteiger partial charge in [0.1, 0.15) is 0 Å². The predicted octanol–water partition coefficient (Wildman–Crippen LogP) is 3.72. The summed E-state index contributed by atoms with van der Waals surface area (Å²) in [5, 5.41) is 13.0. The Morgan fingerprint density at radius 2 is 1.77 bits per heavy atom. The molecular formula is C24H29N5O. The Kier molecular flexibility index (Phi) is 5.25. The van der Waals surface area contributed by atoms with E-state index in [9.17, 15) is 0 Å². The summed E-state index contributed by atoms with van der Waals surface area (Å²) in [5.41, 5.74) is 4.22. The minimum absolute atomic E-state index is 0.614. The van der Waals surface area contributed by atoms with E-state index in [-0.39, 0.29) is 0 Å². The smallest absolute Gasteiger partial charge is 0.233 e. The number of hydrogen-bond donors (Lipinski definition) is 0. The number of aromatic nitrogens is 4. The summed E-state index contributed by atoms with van der Waals surface area (Å²) >= 11 is 0. The highest BCUT2D eigenvalue weighted by Gasteiger charge is 2.40. The Balaban J connectivity index is 1.11. The van der Waals surface area contributed by atoms with Gasteiger partial charge >= 0.3 is 0 Å². The number of rotatable bonds is 6. The van der Waals surface area contributed by atoms with Gasteiger partial charge in [0.05, 0.1) is 18.0 Å². The predicted molar refractivity (Wildman–Crippen MR) is 116 cm³/mol. The van der Waals surface area contributed by atoms with Crippen molar-refractivity contribution >= 4 is 0 Å². The van der Waals surface area contributed by atoms with Crippen LogP contribution in [0.2, 0.25) is 0 Å². The first-order valence-electron chi connectivity index (χ1n) is 10.9. The van der Waals surface area contributed by atoms with Crippen molar-refractivity contribution in [2.24, 2.45) is 24.8 Å². The lowest BCUT2D eigenvalue weighted by atomic mass is 10.0. The maximum absolute atomic E-state index is 6.00. The quantitative estimate of drug-likeness (QED) is 0.628. The lowest BCUT2D eigenvalue weighted by Crippen LogP contribution is -2.22. The Morgan fingerprint density at radius 3 is 2.40 bits per heavy atom. The van der Waals surface area contributed by atoms with Gasteiger partial charge in [0.15, 0.2) is 0 Å². The monoisotopic (exact) mass is 403 g/mol. The summed E-state index contributed by atoms with van der Waals surface area (Å²) in [6.45, 7) is 6.24. The first-order valence-corrected chi connectivity index (χ1v) is 10.9. The molecule has 0 radical (unpaired) electrons. The van der Waals surface area contributed by atoms with E-state index in [0.29, 0.717) is 11.8 Å². The molecule has 0 N–H and O–H groups in total. The molecule has 3 heterocycles. The summed E-state index contributed by atoms with van der Waals surface area (Å²) < 4.78 is 7.80. The van der Waals surface area contributed by atoms with Gasteiger partial charge in [-0.15, -0.1) is 10.2 Å². The second-order valence-electron chi connectivity index (χ2n) is 8.91. The molecule has 5 rings (SSSR count). The van der Waals surface area contributed by atoms with Gasteiger partial charge in [-0.1, -0.05) is 30.3 Å². The maximum Gasteiger partial charge on any atom is 0.233 e. The van der Waals surface area contributed by atoms with Crippen LogP contribution in [-0.2, 0) is 13.6 Å². The zero-order valence-corrected chi connectivity index (χ0v) is 17.7. The fourth-order valence-electron chi connectivity index (χ4n) is 5.22. The van der Waals surface area contributed by atoms with Crippen LogP contribution < -0.4 is 4.74 Å². The number of benzene rings is 1. The first-order chi connectivity index (χ1) is 14.6. The Hall–Kier alpha value is -2.73. The molecule has 2 atom stereocenters. The molecule has 0 spiro atoms. The summed E-state index contributed by atoms with van der Waals surface area (Å²) in [6.07, 6.45) is 4.49. The van der Waals surface area contributed by atoms with E-state index in [4.69, 9.17) is 4.74 Å². The van der Waals surface area contributed by atoms with E-state index in [1.165, 1.54) is 31.5 Å². The second kappa shape index (κ2) is 8.19. The van der Waals surface area contributed by atoms with Crippen LogP contribution in [0.1, 0.15) is 24.1 Å². The fraction of sp³-hybridized carbons (Fsp3) is 0.458. The number of fused-ring (bicyclic) bond motifs is 1. The molecule has 2 aromatic heterocycles. The SMILES string of the molecule is Cc1nn(C)cc1-c1ccc(OCC2CC3CN(Cc4ccccc4)CC3C2)nn1. The van der Waals surface area contributed by atoms with Gasteiger partial charge < -0.3 is 4.74 Å². The second-order valence-corrected chi connectivity index (χ2v) is 8.91. The molecule has 0 amide bonds. The standard InChI is InChI=1S/C24H29N5O/c1-17-22(15-28(2)27-17)23-8-9-24(26-25-23)30-16-19-10-20-13-29(14-21(20)11-19)12-18-6-4-3-5-7-18/h3-9,15,19-21H,10-14,16H2,1-2H3. The zero-order valence-electron chi connectivity index (χ0n) is 17.7. The third kappa shape index (κ3) is 4.10. The molecule has 6 nitrogen and oxygen atoms in total. The molecule has 1 aliphatic heterocycles. The average molecular weight is 404 g/mol. The summed E-state index contributed by atoms with van der Waals surface area (Å²) in [7, 11) is 1.92. The number of aryl methyl sites for hydroxylation is 2. The highest BCUT2D eigenvalue weighted by Crippen LogP contribution is 2.42. The van der Waals surface area contributed by atoms with Crippen molar-refractivity contribution in [3.05, 3.63) is 59.9 Å². The molecule has 6 heteroatoms. The summed E-state index contributed by atoms with van der Waals surface area (Å²) in [6, 6.07) is 14.7. The van der Waals surface area contributed by atoms with Gasteiger partial charge in [-0.2, -0.15) is 5.10 Å². The van der Waals surface area contributed by atoms with Crippen molar-refractivity contribution in [1.29, 1.82) is 0 Å². The molecule has 2 aliphatic rings. The number of ether oxygens (including phenoxy) is 1. The third-order valence-corrected chi connectivity index (χ3v) is 6.57. The molecule has 1 saturated carbocycles. The fourth-order valence-corrected chi connectivity index (χ4v) is 5.22. The molecule has 0 bridgehead atoms. The highest BCUT2D eigenvalue weighted by molar-refractivity contribution is 5.60. The third-order valence-electron chi connectivity index (χ3n) is 6.57. The van der Waals surface area contributed by atoms with Gasteiger partial charge in [0.25, 0.3) is 0 Å². The summed E-state index contributed by atoms with van der Waals surface area (Å²) in [5.74, 6) is 2.86. The van der Waals surface area contributed by atoms with Crippen LogP contribution in [0.5, 0.6) is 5.88 Å². The molecule has 30 heavy (non-hydrogen) atoms. The largest absolute Gasteiger partial charge is 0.476 e. The van der Waals surface area contributed by atoms with Crippen molar-refractivity contribution in [3.8, 4) is 17.1 Å². The van der Waals surface area contributed by atoms with E-state index >= 15 is 0 Å². The molecule has 1 saturated heterocycles. The van der Waals surface area contributed by atoms with Crippen molar-refractivity contribution in [3.63, 3.8) is 0 Å². The number of hydrogen-bond acceptors (Lipinski definition) is 5. The van der Waals surface area contributed by atoms with E-state index in [2.05, 4.69) is 50.5 Å². The average Bonchev–Trinajstić information content (AvgIpc) is 3.40. The number of nitrogens with zero attached hydrogens (tertiary/aromatic N) is 5. The Bertz CT molecular complexity index is 971. The van der Waals surface area contributed by atoms with E-state index in [1.54, 1.807) is 4.68 Å². The van der Waals surface area contributed by atoms with Crippen LogP contribution in [0.4, 0.5) is 0 Å². The van der Waals surface area contributed by atoms with Gasteiger partial charge in [0, 0.05) is 44.5 Å². The first kappa shape index (κ1) is 19.2. The van der Waals surface area contributed by atoms with E-state index in [1.807, 2.05) is 32.3 Å². The van der Waals surface area contributed by atoms with Gasteiger partial charge in [0.2, 0.25) is 5.88 Å². The van der Waals surface area contributed by atoms with Gasteiger partial charge in [-0.25, -0.2) is 0 Å². The Labute approximate surface area is 177 Å². The van der Waals surface area contributed by atoms with Crippen molar-refractivity contribution in [2.45, 2.75) is 26.3 Å².